The van der Waals surface area contributed by atoms with Crippen molar-refractivity contribution in [3.63, 3.8) is 0 Å². The van der Waals surface area contributed by atoms with Gasteiger partial charge in [0.05, 0.1) is 13.2 Å². The molecule has 0 bridgehead atoms. The molecule has 0 heterocycles. The summed E-state index contributed by atoms with van der Waals surface area (Å²) >= 11 is 0. The van der Waals surface area contributed by atoms with Crippen LogP contribution in [0.25, 0.3) is 0 Å². The molecule has 0 aliphatic rings. The molecule has 0 spiro atoms. The Labute approximate surface area is 258 Å². The van der Waals surface area contributed by atoms with Crippen molar-refractivity contribution in [1.82, 2.24) is 0 Å². The molecular formula is C36H37FO7. The number of hydrogen-bond donors (Lipinski definition) is 0. The summed E-state index contributed by atoms with van der Waals surface area (Å²) in [5.74, 6) is 5.88. The highest BCUT2D eigenvalue weighted by molar-refractivity contribution is 5.85. The minimum absolute atomic E-state index is 0.0776. The second kappa shape index (κ2) is 18.5. The van der Waals surface area contributed by atoms with Crippen LogP contribution >= 0.6 is 0 Å². The second-order valence-electron chi connectivity index (χ2n) is 9.71. The number of benzene rings is 3. The van der Waals surface area contributed by atoms with E-state index in [2.05, 4.69) is 29.7 Å². The normalized spacial score (nSPS) is 10.1. The molecule has 0 aliphatic heterocycles. The first-order valence-corrected chi connectivity index (χ1v) is 14.3. The molecule has 3 aromatic carbocycles. The number of aryl methyl sites for hydroxylation is 1. The molecule has 44 heavy (non-hydrogen) atoms. The van der Waals surface area contributed by atoms with Gasteiger partial charge in [-0.25, -0.2) is 9.59 Å². The lowest BCUT2D eigenvalue weighted by Crippen LogP contribution is -2.12. The minimum atomic E-state index is -1.14. The van der Waals surface area contributed by atoms with Crippen molar-refractivity contribution in [2.75, 3.05) is 26.4 Å². The van der Waals surface area contributed by atoms with Gasteiger partial charge in [-0.2, -0.15) is 4.39 Å². The van der Waals surface area contributed by atoms with E-state index in [1.807, 2.05) is 61.5 Å². The quantitative estimate of drug-likeness (QED) is 0.0711. The highest BCUT2D eigenvalue weighted by Crippen LogP contribution is 2.21. The molecule has 0 saturated carbocycles. The fraction of sp³-hybridized carbons (Fsp3) is 0.278. The Bertz CT molecular complexity index is 1450. The summed E-state index contributed by atoms with van der Waals surface area (Å²) < 4.78 is 39.5. The summed E-state index contributed by atoms with van der Waals surface area (Å²) in [4.78, 5) is 22.0. The van der Waals surface area contributed by atoms with Crippen LogP contribution in [0.5, 0.6) is 17.2 Å². The number of halogens is 1. The van der Waals surface area contributed by atoms with Crippen molar-refractivity contribution >= 4 is 11.9 Å². The van der Waals surface area contributed by atoms with Crippen LogP contribution < -0.4 is 14.2 Å². The molecule has 0 N–H and O–H groups in total. The molecule has 0 unspecified atom stereocenters. The molecular weight excluding hydrogens is 563 g/mol. The van der Waals surface area contributed by atoms with E-state index in [0.717, 1.165) is 59.4 Å². The molecule has 8 heteroatoms. The van der Waals surface area contributed by atoms with Crippen molar-refractivity contribution in [1.29, 1.82) is 0 Å². The van der Waals surface area contributed by atoms with E-state index in [9.17, 15) is 14.0 Å². The van der Waals surface area contributed by atoms with Crippen LogP contribution in [0.15, 0.2) is 91.8 Å². The fourth-order valence-corrected chi connectivity index (χ4v) is 3.86. The highest BCUT2D eigenvalue weighted by Gasteiger charge is 2.07. The lowest BCUT2D eigenvalue weighted by atomic mass is 10.1. The average molecular weight is 601 g/mol. The van der Waals surface area contributed by atoms with Crippen molar-refractivity contribution < 1.29 is 37.7 Å². The molecule has 0 aromatic heterocycles. The van der Waals surface area contributed by atoms with Crippen molar-refractivity contribution in [2.45, 2.75) is 39.2 Å². The molecule has 3 aromatic rings. The molecule has 0 aliphatic carbocycles. The van der Waals surface area contributed by atoms with Crippen molar-refractivity contribution in [3.05, 3.63) is 114 Å². The molecule has 230 valence electrons. The summed E-state index contributed by atoms with van der Waals surface area (Å²) in [6.45, 7) is 9.75. The Balaban J connectivity index is 1.37. The zero-order valence-electron chi connectivity index (χ0n) is 24.9. The van der Waals surface area contributed by atoms with E-state index in [4.69, 9.17) is 18.9 Å². The maximum Gasteiger partial charge on any atom is 0.366 e. The van der Waals surface area contributed by atoms with Gasteiger partial charge in [-0.1, -0.05) is 37.1 Å². The Morgan fingerprint density at radius 3 is 2.02 bits per heavy atom. The van der Waals surface area contributed by atoms with E-state index >= 15 is 0 Å². The van der Waals surface area contributed by atoms with Crippen LogP contribution in [0.2, 0.25) is 0 Å². The maximum absolute atomic E-state index is 12.6. The van der Waals surface area contributed by atoms with Gasteiger partial charge >= 0.3 is 11.9 Å². The molecule has 0 amide bonds. The predicted molar refractivity (Wildman–Crippen MR) is 166 cm³/mol. The summed E-state index contributed by atoms with van der Waals surface area (Å²) in [5.41, 5.74) is 3.70. The van der Waals surface area contributed by atoms with Gasteiger partial charge in [-0.05, 0) is 98.3 Å². The van der Waals surface area contributed by atoms with Gasteiger partial charge in [-0.3, -0.25) is 0 Å². The van der Waals surface area contributed by atoms with Gasteiger partial charge in [-0.15, -0.1) is 0 Å². The van der Waals surface area contributed by atoms with Crippen molar-refractivity contribution in [2.24, 2.45) is 0 Å². The van der Waals surface area contributed by atoms with Crippen molar-refractivity contribution in [3.8, 4) is 29.1 Å². The number of ether oxygens (including phenoxy) is 5. The van der Waals surface area contributed by atoms with Crippen LogP contribution in [0.3, 0.4) is 0 Å². The van der Waals surface area contributed by atoms with E-state index < -0.39 is 11.8 Å². The first-order chi connectivity index (χ1) is 21.3. The topological polar surface area (TPSA) is 80.3 Å². The van der Waals surface area contributed by atoms with Gasteiger partial charge in [0.2, 0.25) is 5.83 Å². The Kier molecular flexibility index (Phi) is 14.1. The molecule has 0 radical (unpaired) electrons. The lowest BCUT2D eigenvalue weighted by Gasteiger charge is -2.11. The van der Waals surface area contributed by atoms with E-state index in [-0.39, 0.29) is 19.2 Å². The van der Waals surface area contributed by atoms with Gasteiger partial charge in [0, 0.05) is 17.2 Å². The van der Waals surface area contributed by atoms with E-state index in [1.54, 1.807) is 12.1 Å². The number of hydrogen-bond acceptors (Lipinski definition) is 7. The van der Waals surface area contributed by atoms with E-state index in [0.29, 0.717) is 25.6 Å². The van der Waals surface area contributed by atoms with Gasteiger partial charge in [0.1, 0.15) is 37.1 Å². The van der Waals surface area contributed by atoms with Crippen LogP contribution in [-0.2, 0) is 25.7 Å². The van der Waals surface area contributed by atoms with Gasteiger partial charge in [0.15, 0.2) is 0 Å². The monoisotopic (exact) mass is 600 g/mol. The minimum Gasteiger partial charge on any atom is -0.494 e. The second-order valence-corrected chi connectivity index (χ2v) is 9.71. The standard InChI is InChI=1S/C36H37FO7/c1-4-35(38)42-22-8-6-5-7-21-40-32-18-13-31(14-19-32)26-44-34-20-15-30(25-27(34)2)10-9-29-11-16-33(17-12-29)41-23-24-43-36(39)28(3)37/h4,11-20,25H,1,3,5-8,21-24,26H2,2H3. The van der Waals surface area contributed by atoms with Crippen LogP contribution in [0.4, 0.5) is 4.39 Å². The van der Waals surface area contributed by atoms with E-state index in [1.165, 1.54) is 6.08 Å². The maximum atomic E-state index is 12.6. The third-order valence-corrected chi connectivity index (χ3v) is 6.22. The summed E-state index contributed by atoms with van der Waals surface area (Å²) in [6, 6.07) is 20.9. The highest BCUT2D eigenvalue weighted by atomic mass is 19.1. The van der Waals surface area contributed by atoms with Crippen LogP contribution in [0, 0.1) is 18.8 Å². The number of carbonyl (C=O) groups excluding carboxylic acids is 2. The first kappa shape index (κ1) is 33.5. The molecule has 0 saturated heterocycles. The third kappa shape index (κ3) is 12.5. The van der Waals surface area contributed by atoms with Crippen LogP contribution in [0.1, 0.15) is 47.9 Å². The Hall–Kier alpha value is -5.03. The average Bonchev–Trinajstić information content (AvgIpc) is 3.03. The molecule has 7 nitrogen and oxygen atoms in total. The smallest absolute Gasteiger partial charge is 0.366 e. The molecule has 0 fully saturated rings. The Morgan fingerprint density at radius 1 is 0.750 bits per heavy atom. The lowest BCUT2D eigenvalue weighted by molar-refractivity contribution is -0.141. The van der Waals surface area contributed by atoms with Gasteiger partial charge < -0.3 is 23.7 Å². The Morgan fingerprint density at radius 2 is 1.36 bits per heavy atom. The number of carbonyl (C=O) groups is 2. The van der Waals surface area contributed by atoms with Crippen LogP contribution in [-0.4, -0.2) is 38.4 Å². The largest absolute Gasteiger partial charge is 0.494 e. The molecule has 3 rings (SSSR count). The first-order valence-electron chi connectivity index (χ1n) is 14.3. The molecule has 0 atom stereocenters. The number of rotatable bonds is 17. The third-order valence-electron chi connectivity index (χ3n) is 6.22. The summed E-state index contributed by atoms with van der Waals surface area (Å²) in [7, 11) is 0. The number of unbranched alkanes of at least 4 members (excludes halogenated alkanes) is 3. The zero-order chi connectivity index (χ0) is 31.6. The zero-order valence-corrected chi connectivity index (χ0v) is 24.9. The fourth-order valence-electron chi connectivity index (χ4n) is 3.86. The summed E-state index contributed by atoms with van der Waals surface area (Å²) in [6.07, 6.45) is 4.93. The van der Waals surface area contributed by atoms with Gasteiger partial charge in [0.25, 0.3) is 0 Å². The number of esters is 2. The summed E-state index contributed by atoms with van der Waals surface area (Å²) in [5, 5.41) is 0. The predicted octanol–water partition coefficient (Wildman–Crippen LogP) is 7.05. The SMILES string of the molecule is C=CC(=O)OCCCCCCOc1ccc(COc2ccc(C#Cc3ccc(OCCOC(=O)C(=C)F)cc3)cc2C)cc1.